The monoisotopic (exact) mass is 188 g/mol. The van der Waals surface area contributed by atoms with Crippen LogP contribution in [0.25, 0.3) is 0 Å². The van der Waals surface area contributed by atoms with Crippen molar-refractivity contribution in [3.8, 4) is 5.88 Å². The number of halogens is 2. The van der Waals surface area contributed by atoms with Crippen LogP contribution in [-0.4, -0.2) is 23.0 Å². The second kappa shape index (κ2) is 4.11. The topological polar surface area (TPSA) is 35.0 Å². The van der Waals surface area contributed by atoms with Crippen molar-refractivity contribution in [2.24, 2.45) is 0 Å². The first-order valence-electron chi connectivity index (χ1n) is 3.80. The Hall–Kier alpha value is -1.26. The number of aromatic nitrogens is 2. The van der Waals surface area contributed by atoms with E-state index in [9.17, 15) is 8.78 Å². The van der Waals surface area contributed by atoms with E-state index in [1.54, 1.807) is 13.8 Å². The highest BCUT2D eigenvalue weighted by Crippen LogP contribution is 2.15. The summed E-state index contributed by atoms with van der Waals surface area (Å²) in [4.78, 5) is 7.63. The molecule has 13 heavy (non-hydrogen) atoms. The molecule has 0 saturated heterocycles. The van der Waals surface area contributed by atoms with E-state index in [4.69, 9.17) is 4.74 Å². The van der Waals surface area contributed by atoms with Gasteiger partial charge in [-0.1, -0.05) is 0 Å². The maximum atomic E-state index is 11.8. The van der Waals surface area contributed by atoms with Gasteiger partial charge in [0, 0.05) is 11.3 Å². The van der Waals surface area contributed by atoms with Crippen LogP contribution >= 0.6 is 0 Å². The molecule has 5 heteroatoms. The second-order valence-corrected chi connectivity index (χ2v) is 2.59. The Morgan fingerprint density at radius 1 is 1.38 bits per heavy atom. The molecule has 72 valence electrons. The van der Waals surface area contributed by atoms with Gasteiger partial charge in [-0.05, 0) is 13.8 Å². The molecule has 0 atom stereocenters. The molecule has 0 aromatic carbocycles. The predicted molar refractivity (Wildman–Crippen MR) is 43.0 cm³/mol. The van der Waals surface area contributed by atoms with Gasteiger partial charge in [0.1, 0.15) is 6.33 Å². The average Bonchev–Trinajstić information content (AvgIpc) is 2.07. The third-order valence-corrected chi connectivity index (χ3v) is 1.64. The number of nitrogens with zero attached hydrogens (tertiary/aromatic N) is 2. The van der Waals surface area contributed by atoms with E-state index in [2.05, 4.69) is 9.97 Å². The summed E-state index contributed by atoms with van der Waals surface area (Å²) in [5.74, 6) is 0.229. The number of aryl methyl sites for hydroxylation is 1. The quantitative estimate of drug-likeness (QED) is 0.724. The van der Waals surface area contributed by atoms with Crippen LogP contribution in [0.4, 0.5) is 8.78 Å². The smallest absolute Gasteiger partial charge is 0.272 e. The minimum absolute atomic E-state index is 0.229. The van der Waals surface area contributed by atoms with Gasteiger partial charge >= 0.3 is 0 Å². The fourth-order valence-corrected chi connectivity index (χ4v) is 0.804. The summed E-state index contributed by atoms with van der Waals surface area (Å²) in [6, 6.07) is 0. The van der Waals surface area contributed by atoms with Gasteiger partial charge in [-0.15, -0.1) is 0 Å². The molecule has 0 bridgehead atoms. The normalized spacial score (nSPS) is 10.5. The van der Waals surface area contributed by atoms with Gasteiger partial charge in [0.15, 0.2) is 6.61 Å². The Labute approximate surface area is 74.8 Å². The van der Waals surface area contributed by atoms with Crippen LogP contribution in [0.2, 0.25) is 0 Å². The Morgan fingerprint density at radius 3 is 2.69 bits per heavy atom. The zero-order chi connectivity index (χ0) is 9.84. The summed E-state index contributed by atoms with van der Waals surface area (Å²) in [6.07, 6.45) is -1.18. The van der Waals surface area contributed by atoms with Crippen LogP contribution in [0.1, 0.15) is 11.3 Å². The molecule has 1 aromatic heterocycles. The van der Waals surface area contributed by atoms with Crippen LogP contribution in [-0.2, 0) is 0 Å². The van der Waals surface area contributed by atoms with Gasteiger partial charge < -0.3 is 4.74 Å². The number of hydrogen-bond acceptors (Lipinski definition) is 3. The van der Waals surface area contributed by atoms with Crippen molar-refractivity contribution in [3.05, 3.63) is 17.6 Å². The molecule has 0 radical (unpaired) electrons. The molecule has 1 heterocycles. The molecule has 0 saturated carbocycles. The van der Waals surface area contributed by atoms with Gasteiger partial charge in [-0.25, -0.2) is 18.7 Å². The largest absolute Gasteiger partial charge is 0.471 e. The van der Waals surface area contributed by atoms with Crippen molar-refractivity contribution in [3.63, 3.8) is 0 Å². The summed E-state index contributed by atoms with van der Waals surface area (Å²) in [5, 5.41) is 0. The molecule has 0 fully saturated rings. The first-order chi connectivity index (χ1) is 6.11. The highest BCUT2D eigenvalue weighted by molar-refractivity contribution is 5.26. The zero-order valence-electron chi connectivity index (χ0n) is 7.42. The molecule has 0 spiro atoms. The van der Waals surface area contributed by atoms with Crippen molar-refractivity contribution in [2.75, 3.05) is 6.61 Å². The summed E-state index contributed by atoms with van der Waals surface area (Å²) in [7, 11) is 0. The second-order valence-electron chi connectivity index (χ2n) is 2.59. The number of ether oxygens (including phenoxy) is 1. The van der Waals surface area contributed by atoms with Crippen molar-refractivity contribution in [2.45, 2.75) is 20.3 Å². The fraction of sp³-hybridized carbons (Fsp3) is 0.500. The summed E-state index contributed by atoms with van der Waals surface area (Å²) in [6.45, 7) is 2.87. The third kappa shape index (κ3) is 2.61. The van der Waals surface area contributed by atoms with E-state index in [-0.39, 0.29) is 5.88 Å². The van der Waals surface area contributed by atoms with Gasteiger partial charge in [0.2, 0.25) is 5.88 Å². The summed E-state index contributed by atoms with van der Waals surface area (Å²) >= 11 is 0. The standard InChI is InChI=1S/C8H10F2N2O/c1-5-6(2)11-4-12-8(5)13-3-7(9)10/h4,7H,3H2,1-2H3. The first-order valence-corrected chi connectivity index (χ1v) is 3.80. The van der Waals surface area contributed by atoms with Gasteiger partial charge in [0.25, 0.3) is 6.43 Å². The van der Waals surface area contributed by atoms with E-state index in [0.717, 1.165) is 5.69 Å². The van der Waals surface area contributed by atoms with Crippen molar-refractivity contribution in [1.82, 2.24) is 9.97 Å². The molecule has 0 aliphatic carbocycles. The lowest BCUT2D eigenvalue weighted by atomic mass is 10.3. The van der Waals surface area contributed by atoms with E-state index < -0.39 is 13.0 Å². The summed E-state index contributed by atoms with van der Waals surface area (Å²) < 4.78 is 28.3. The molecule has 0 aliphatic rings. The van der Waals surface area contributed by atoms with E-state index >= 15 is 0 Å². The Morgan fingerprint density at radius 2 is 2.08 bits per heavy atom. The lowest BCUT2D eigenvalue weighted by Crippen LogP contribution is -2.09. The minimum Gasteiger partial charge on any atom is -0.471 e. The number of hydrogen-bond donors (Lipinski definition) is 0. The maximum Gasteiger partial charge on any atom is 0.272 e. The fourth-order valence-electron chi connectivity index (χ4n) is 0.804. The third-order valence-electron chi connectivity index (χ3n) is 1.64. The lowest BCUT2D eigenvalue weighted by molar-refractivity contribution is 0.0791. The Kier molecular flexibility index (Phi) is 3.11. The first kappa shape index (κ1) is 9.83. The van der Waals surface area contributed by atoms with E-state index in [0.29, 0.717) is 5.56 Å². The highest BCUT2D eigenvalue weighted by atomic mass is 19.3. The minimum atomic E-state index is -2.48. The molecule has 0 aliphatic heterocycles. The van der Waals surface area contributed by atoms with Gasteiger partial charge in [-0.3, -0.25) is 0 Å². The molecule has 0 unspecified atom stereocenters. The molecule has 0 amide bonds. The zero-order valence-corrected chi connectivity index (χ0v) is 7.42. The van der Waals surface area contributed by atoms with Crippen molar-refractivity contribution >= 4 is 0 Å². The summed E-state index contributed by atoms with van der Waals surface area (Å²) in [5.41, 5.74) is 1.43. The number of rotatable bonds is 3. The Balaban J connectivity index is 2.71. The predicted octanol–water partition coefficient (Wildman–Crippen LogP) is 1.74. The molecular formula is C8H10F2N2O. The van der Waals surface area contributed by atoms with E-state index in [1.165, 1.54) is 6.33 Å². The molecule has 0 N–H and O–H groups in total. The van der Waals surface area contributed by atoms with Crippen LogP contribution in [0.5, 0.6) is 5.88 Å². The maximum absolute atomic E-state index is 11.8. The molecule has 1 aromatic rings. The van der Waals surface area contributed by atoms with E-state index in [1.807, 2.05) is 0 Å². The molecule has 3 nitrogen and oxygen atoms in total. The lowest BCUT2D eigenvalue weighted by Gasteiger charge is -2.07. The van der Waals surface area contributed by atoms with Crippen LogP contribution < -0.4 is 4.74 Å². The Bertz CT molecular complexity index is 291. The molecule has 1 rings (SSSR count). The average molecular weight is 188 g/mol. The van der Waals surface area contributed by atoms with Crippen LogP contribution in [0.15, 0.2) is 6.33 Å². The van der Waals surface area contributed by atoms with Crippen LogP contribution in [0.3, 0.4) is 0 Å². The highest BCUT2D eigenvalue weighted by Gasteiger charge is 2.08. The van der Waals surface area contributed by atoms with Crippen molar-refractivity contribution < 1.29 is 13.5 Å². The SMILES string of the molecule is Cc1ncnc(OCC(F)F)c1C. The number of alkyl halides is 2. The molecular weight excluding hydrogens is 178 g/mol. The van der Waals surface area contributed by atoms with Gasteiger partial charge in [0.05, 0.1) is 0 Å². The van der Waals surface area contributed by atoms with Crippen molar-refractivity contribution in [1.29, 1.82) is 0 Å². The van der Waals surface area contributed by atoms with Gasteiger partial charge in [-0.2, -0.15) is 0 Å². The van der Waals surface area contributed by atoms with Crippen LogP contribution in [0, 0.1) is 13.8 Å².